The van der Waals surface area contributed by atoms with Crippen molar-refractivity contribution in [3.63, 3.8) is 0 Å². The Bertz CT molecular complexity index is 576. The van der Waals surface area contributed by atoms with E-state index in [-0.39, 0.29) is 0 Å². The number of pyridine rings is 1. The maximum atomic E-state index is 6.19. The Morgan fingerprint density at radius 1 is 1.33 bits per heavy atom. The molecule has 0 bridgehead atoms. The lowest BCUT2D eigenvalue weighted by molar-refractivity contribution is 0.829. The summed E-state index contributed by atoms with van der Waals surface area (Å²) in [7, 11) is 0. The first kappa shape index (κ1) is 13.2. The number of nitrogens with zero attached hydrogens (tertiary/aromatic N) is 1. The van der Waals surface area contributed by atoms with Gasteiger partial charge in [-0.2, -0.15) is 0 Å². The number of rotatable bonds is 3. The first-order valence-corrected chi connectivity index (χ1v) is 6.76. The average molecular weight is 263 g/mol. The van der Waals surface area contributed by atoms with Crippen LogP contribution in [0.25, 0.3) is 10.9 Å². The third-order valence-electron chi connectivity index (χ3n) is 3.15. The molecule has 1 aromatic heterocycles. The minimum atomic E-state index is 0.408. The molecule has 0 amide bonds. The zero-order chi connectivity index (χ0) is 13.3. The summed E-state index contributed by atoms with van der Waals surface area (Å²) in [6, 6.07) is 6.13. The third-order valence-corrected chi connectivity index (χ3v) is 3.56. The van der Waals surface area contributed by atoms with Gasteiger partial charge >= 0.3 is 0 Å². The molecule has 0 unspecified atom stereocenters. The summed E-state index contributed by atoms with van der Waals surface area (Å²) in [5, 5.41) is 5.33. The maximum absolute atomic E-state index is 6.19. The van der Waals surface area contributed by atoms with Gasteiger partial charge in [-0.1, -0.05) is 25.4 Å². The predicted octanol–water partition coefficient (Wildman–Crippen LogP) is 4.75. The lowest BCUT2D eigenvalue weighted by Gasteiger charge is -2.14. The summed E-state index contributed by atoms with van der Waals surface area (Å²) in [6.45, 7) is 9.34. The highest BCUT2D eigenvalue weighted by Crippen LogP contribution is 2.31. The molecule has 1 heterocycles. The molecule has 0 aliphatic rings. The first-order valence-electron chi connectivity index (χ1n) is 6.38. The monoisotopic (exact) mass is 262 g/mol. The fourth-order valence-corrected chi connectivity index (χ4v) is 2.21. The van der Waals surface area contributed by atoms with Gasteiger partial charge in [0.05, 0.1) is 5.52 Å². The van der Waals surface area contributed by atoms with Crippen LogP contribution in [-0.2, 0) is 0 Å². The van der Waals surface area contributed by atoms with Crippen molar-refractivity contribution in [3.8, 4) is 0 Å². The van der Waals surface area contributed by atoms with Gasteiger partial charge in [-0.05, 0) is 43.5 Å². The number of aryl methyl sites for hydroxylation is 1. The Balaban J connectivity index is 2.77. The van der Waals surface area contributed by atoms with Crippen LogP contribution < -0.4 is 5.32 Å². The van der Waals surface area contributed by atoms with Crippen LogP contribution in [0.2, 0.25) is 5.02 Å². The molecule has 96 valence electrons. The zero-order valence-electron chi connectivity index (χ0n) is 11.3. The molecule has 3 heteroatoms. The van der Waals surface area contributed by atoms with Gasteiger partial charge in [0.15, 0.2) is 0 Å². The summed E-state index contributed by atoms with van der Waals surface area (Å²) >= 11 is 6.19. The van der Waals surface area contributed by atoms with E-state index in [0.29, 0.717) is 5.92 Å². The Morgan fingerprint density at radius 2 is 2.06 bits per heavy atom. The second-order valence-corrected chi connectivity index (χ2v) is 5.26. The fraction of sp³-hybridized carbons (Fsp3) is 0.400. The summed E-state index contributed by atoms with van der Waals surface area (Å²) in [4.78, 5) is 4.75. The summed E-state index contributed by atoms with van der Waals surface area (Å²) in [5.74, 6) is 0.408. The smallest absolute Gasteiger partial charge is 0.0770 e. The van der Waals surface area contributed by atoms with E-state index in [1.165, 1.54) is 0 Å². The molecule has 1 aromatic carbocycles. The van der Waals surface area contributed by atoms with Crippen LogP contribution in [0.3, 0.4) is 0 Å². The molecule has 0 radical (unpaired) electrons. The normalized spacial score (nSPS) is 11.2. The van der Waals surface area contributed by atoms with E-state index in [1.807, 2.05) is 19.1 Å². The molecule has 0 saturated heterocycles. The van der Waals surface area contributed by atoms with Gasteiger partial charge in [0, 0.05) is 28.3 Å². The van der Waals surface area contributed by atoms with Gasteiger partial charge in [-0.25, -0.2) is 0 Å². The standard InChI is InChI=1S/C15H19ClN2/c1-5-17-14-8-13(9(2)3)18-15-10(4)12(16)7-6-11(14)15/h6-9H,5H2,1-4H3,(H,17,18). The number of benzene rings is 1. The van der Waals surface area contributed by atoms with Crippen molar-refractivity contribution >= 4 is 28.2 Å². The molecular weight excluding hydrogens is 244 g/mol. The van der Waals surface area contributed by atoms with Crippen LogP contribution >= 0.6 is 11.6 Å². The lowest BCUT2D eigenvalue weighted by atomic mass is 10.0. The van der Waals surface area contributed by atoms with Gasteiger partial charge < -0.3 is 5.32 Å². The second-order valence-electron chi connectivity index (χ2n) is 4.85. The molecule has 2 aromatic rings. The van der Waals surface area contributed by atoms with Crippen LogP contribution in [0, 0.1) is 6.92 Å². The molecule has 18 heavy (non-hydrogen) atoms. The Hall–Kier alpha value is -1.28. The van der Waals surface area contributed by atoms with E-state index < -0.39 is 0 Å². The predicted molar refractivity (Wildman–Crippen MR) is 79.7 cm³/mol. The van der Waals surface area contributed by atoms with Crippen LogP contribution in [0.5, 0.6) is 0 Å². The number of nitrogens with one attached hydrogen (secondary N) is 1. The van der Waals surface area contributed by atoms with Crippen molar-refractivity contribution in [2.24, 2.45) is 0 Å². The highest BCUT2D eigenvalue weighted by atomic mass is 35.5. The molecule has 2 rings (SSSR count). The van der Waals surface area contributed by atoms with Crippen molar-refractivity contribution in [3.05, 3.63) is 34.5 Å². The van der Waals surface area contributed by atoms with E-state index in [1.54, 1.807) is 0 Å². The minimum Gasteiger partial charge on any atom is -0.385 e. The van der Waals surface area contributed by atoms with Crippen LogP contribution in [0.15, 0.2) is 18.2 Å². The van der Waals surface area contributed by atoms with Crippen molar-refractivity contribution in [1.82, 2.24) is 4.98 Å². The van der Waals surface area contributed by atoms with Gasteiger partial charge in [0.25, 0.3) is 0 Å². The van der Waals surface area contributed by atoms with E-state index in [2.05, 4.69) is 32.2 Å². The molecule has 0 saturated carbocycles. The molecule has 2 nitrogen and oxygen atoms in total. The Morgan fingerprint density at radius 3 is 2.67 bits per heavy atom. The van der Waals surface area contributed by atoms with Crippen LogP contribution in [0.1, 0.15) is 37.9 Å². The second kappa shape index (κ2) is 5.15. The van der Waals surface area contributed by atoms with Crippen molar-refractivity contribution in [2.45, 2.75) is 33.6 Å². The number of anilines is 1. The van der Waals surface area contributed by atoms with Crippen LogP contribution in [-0.4, -0.2) is 11.5 Å². The molecule has 0 atom stereocenters. The molecule has 0 aliphatic heterocycles. The van der Waals surface area contributed by atoms with E-state index in [0.717, 1.165) is 39.4 Å². The fourth-order valence-electron chi connectivity index (χ4n) is 2.06. The van der Waals surface area contributed by atoms with Crippen molar-refractivity contribution in [1.29, 1.82) is 0 Å². The zero-order valence-corrected chi connectivity index (χ0v) is 12.1. The quantitative estimate of drug-likeness (QED) is 0.863. The molecular formula is C15H19ClN2. The van der Waals surface area contributed by atoms with Gasteiger partial charge in [-0.3, -0.25) is 4.98 Å². The highest BCUT2D eigenvalue weighted by molar-refractivity contribution is 6.32. The van der Waals surface area contributed by atoms with Crippen molar-refractivity contribution in [2.75, 3.05) is 11.9 Å². The number of halogens is 1. The Kier molecular flexibility index (Phi) is 3.76. The largest absolute Gasteiger partial charge is 0.385 e. The summed E-state index contributed by atoms with van der Waals surface area (Å²) < 4.78 is 0. The van der Waals surface area contributed by atoms with Crippen molar-refractivity contribution < 1.29 is 0 Å². The van der Waals surface area contributed by atoms with E-state index in [4.69, 9.17) is 16.6 Å². The molecule has 1 N–H and O–H groups in total. The Labute approximate surface area is 113 Å². The van der Waals surface area contributed by atoms with E-state index >= 15 is 0 Å². The number of hydrogen-bond donors (Lipinski definition) is 1. The minimum absolute atomic E-state index is 0.408. The lowest BCUT2D eigenvalue weighted by Crippen LogP contribution is -2.02. The van der Waals surface area contributed by atoms with Gasteiger partial charge in [0.1, 0.15) is 0 Å². The van der Waals surface area contributed by atoms with Gasteiger partial charge in [-0.15, -0.1) is 0 Å². The van der Waals surface area contributed by atoms with E-state index in [9.17, 15) is 0 Å². The molecule has 0 fully saturated rings. The summed E-state index contributed by atoms with van der Waals surface area (Å²) in [5.41, 5.74) is 4.30. The molecule has 0 aliphatic carbocycles. The topological polar surface area (TPSA) is 24.9 Å². The maximum Gasteiger partial charge on any atom is 0.0770 e. The highest BCUT2D eigenvalue weighted by Gasteiger charge is 2.11. The van der Waals surface area contributed by atoms with Gasteiger partial charge in [0.2, 0.25) is 0 Å². The molecule has 0 spiro atoms. The third kappa shape index (κ3) is 2.30. The summed E-state index contributed by atoms with van der Waals surface area (Å²) in [6.07, 6.45) is 0. The number of hydrogen-bond acceptors (Lipinski definition) is 2. The number of fused-ring (bicyclic) bond motifs is 1. The average Bonchev–Trinajstić information content (AvgIpc) is 2.34. The SMILES string of the molecule is CCNc1cc(C(C)C)nc2c(C)c(Cl)ccc12. The van der Waals surface area contributed by atoms with Crippen LogP contribution in [0.4, 0.5) is 5.69 Å². The number of aromatic nitrogens is 1. The first-order chi connectivity index (χ1) is 8.54.